The van der Waals surface area contributed by atoms with Crippen LogP contribution in [-0.4, -0.2) is 103 Å². The quantitative estimate of drug-likeness (QED) is 0.222. The Bertz CT molecular complexity index is 1820. The van der Waals surface area contributed by atoms with Crippen molar-refractivity contribution in [1.82, 2.24) is 39.5 Å². The Kier molecular flexibility index (Phi) is 10.4. The molecule has 49 heavy (non-hydrogen) atoms. The van der Waals surface area contributed by atoms with Gasteiger partial charge in [0.15, 0.2) is 5.65 Å². The first kappa shape index (κ1) is 34.3. The first-order chi connectivity index (χ1) is 23.6. The van der Waals surface area contributed by atoms with Gasteiger partial charge in [0.1, 0.15) is 23.6 Å². The summed E-state index contributed by atoms with van der Waals surface area (Å²) in [6.07, 6.45) is 9.39. The molecule has 2 aliphatic heterocycles. The fourth-order valence-electron chi connectivity index (χ4n) is 6.57. The molecule has 0 bridgehead atoms. The van der Waals surface area contributed by atoms with Gasteiger partial charge in [-0.05, 0) is 56.5 Å². The van der Waals surface area contributed by atoms with Gasteiger partial charge in [-0.1, -0.05) is 13.8 Å². The molecule has 1 atom stereocenters. The number of hydrogen-bond donors (Lipinski definition) is 2. The Morgan fingerprint density at radius 1 is 1.12 bits per heavy atom. The number of nitrogens with zero attached hydrogens (tertiary/aromatic N) is 7. The smallest absolute Gasteiger partial charge is 0.387 e. The molecule has 0 saturated carbocycles. The number of alkyl halides is 2. The summed E-state index contributed by atoms with van der Waals surface area (Å²) in [5.41, 5.74) is 1.14. The molecule has 260 valence electrons. The van der Waals surface area contributed by atoms with E-state index in [2.05, 4.69) is 30.7 Å². The molecule has 3 aromatic heterocycles. The number of amides is 3. The van der Waals surface area contributed by atoms with Crippen molar-refractivity contribution >= 4 is 40.8 Å². The second-order valence-electron chi connectivity index (χ2n) is 12.3. The summed E-state index contributed by atoms with van der Waals surface area (Å²) in [6.45, 7) is 2.71. The minimum absolute atomic E-state index is 0.0293. The predicted octanol–water partition coefficient (Wildman–Crippen LogP) is 4.15. The van der Waals surface area contributed by atoms with E-state index in [9.17, 15) is 23.2 Å². The number of carbonyl (C=O) groups excluding carboxylic acids is 3. The number of nitrogens with one attached hydrogen (secondary N) is 2. The normalized spacial score (nSPS) is 17.3. The Morgan fingerprint density at radius 2 is 1.92 bits per heavy atom. The fourth-order valence-corrected chi connectivity index (χ4v) is 7.44. The molecule has 1 unspecified atom stereocenters. The van der Waals surface area contributed by atoms with E-state index in [1.54, 1.807) is 42.5 Å². The molecule has 4 aromatic rings. The molecule has 6 rings (SSSR count). The second-order valence-corrected chi connectivity index (χ2v) is 14.0. The molecule has 2 fully saturated rings. The topological polar surface area (TPSA) is 139 Å². The number of hydrogen-bond acceptors (Lipinski definition) is 9. The summed E-state index contributed by atoms with van der Waals surface area (Å²) >= 11 is 1.53. The summed E-state index contributed by atoms with van der Waals surface area (Å²) in [4.78, 5) is 48.6. The molecule has 2 saturated heterocycles. The molecular formula is C33H39F2N9O4S. The van der Waals surface area contributed by atoms with Gasteiger partial charge < -0.3 is 20.3 Å². The second kappa shape index (κ2) is 14.9. The first-order valence-electron chi connectivity index (χ1n) is 16.3. The minimum Gasteiger partial charge on any atom is -0.434 e. The van der Waals surface area contributed by atoms with Crippen LogP contribution in [-0.2, 0) is 16.1 Å². The van der Waals surface area contributed by atoms with Gasteiger partial charge >= 0.3 is 6.61 Å². The molecule has 13 nitrogen and oxygen atoms in total. The standard InChI is InChI=1S/C33H39F2N9O4S/c1-20(2)49-22-7-8-27(48-33(34)35)23(16-22)29-25(39-31(46)24-17-38-44-13-5-11-37-30(24)44)18-42(40-29)19-28(45)41-14-9-21(10-15-41)43-12-4-6-26(43)32(47)36-3/h5,7-8,11,13,16-18,20-21,26,33H,4,6,9-10,12,14-15,19H2,1-3H3,(H,36,47)(H,39,46). The number of rotatable bonds is 11. The van der Waals surface area contributed by atoms with Crippen molar-refractivity contribution in [2.75, 3.05) is 32.0 Å². The molecule has 16 heteroatoms. The lowest BCUT2D eigenvalue weighted by Crippen LogP contribution is -2.52. The van der Waals surface area contributed by atoms with Crippen molar-refractivity contribution < 1.29 is 27.9 Å². The Labute approximate surface area is 286 Å². The van der Waals surface area contributed by atoms with Crippen LogP contribution in [0.4, 0.5) is 14.5 Å². The summed E-state index contributed by atoms with van der Waals surface area (Å²) in [5, 5.41) is 14.6. The molecule has 0 radical (unpaired) electrons. The van der Waals surface area contributed by atoms with Gasteiger partial charge in [0.05, 0.1) is 17.9 Å². The van der Waals surface area contributed by atoms with E-state index in [4.69, 9.17) is 4.74 Å². The van der Waals surface area contributed by atoms with Crippen LogP contribution < -0.4 is 15.4 Å². The number of likely N-dealkylation sites (N-methyl/N-ethyl adjacent to an activating group) is 1. The van der Waals surface area contributed by atoms with Crippen LogP contribution in [0.3, 0.4) is 0 Å². The van der Waals surface area contributed by atoms with Gasteiger partial charge in [-0.15, -0.1) is 11.8 Å². The monoisotopic (exact) mass is 695 g/mol. The third kappa shape index (κ3) is 7.69. The van der Waals surface area contributed by atoms with Crippen molar-refractivity contribution in [3.63, 3.8) is 0 Å². The zero-order valence-electron chi connectivity index (χ0n) is 27.5. The van der Waals surface area contributed by atoms with Crippen LogP contribution in [0.5, 0.6) is 5.75 Å². The highest BCUT2D eigenvalue weighted by Crippen LogP contribution is 2.39. The summed E-state index contributed by atoms with van der Waals surface area (Å²) in [6, 6.07) is 6.60. The third-order valence-electron chi connectivity index (χ3n) is 8.75. The number of benzene rings is 1. The van der Waals surface area contributed by atoms with Crippen LogP contribution in [0.2, 0.25) is 0 Å². The van der Waals surface area contributed by atoms with Gasteiger partial charge in [-0.2, -0.15) is 19.0 Å². The number of thioether (sulfide) groups is 1. The van der Waals surface area contributed by atoms with Crippen LogP contribution in [0.15, 0.2) is 53.9 Å². The van der Waals surface area contributed by atoms with Gasteiger partial charge in [0.25, 0.3) is 5.91 Å². The van der Waals surface area contributed by atoms with Crippen molar-refractivity contribution in [3.05, 3.63) is 54.6 Å². The summed E-state index contributed by atoms with van der Waals surface area (Å²) in [5.74, 6) is -0.799. The van der Waals surface area contributed by atoms with Crippen molar-refractivity contribution in [2.45, 2.75) is 74.9 Å². The van der Waals surface area contributed by atoms with Gasteiger partial charge in [0, 0.05) is 60.5 Å². The largest absolute Gasteiger partial charge is 0.434 e. The molecular weight excluding hydrogens is 656 g/mol. The number of carbonyl (C=O) groups is 3. The lowest BCUT2D eigenvalue weighted by Gasteiger charge is -2.38. The number of likely N-dealkylation sites (tertiary alicyclic amines) is 2. The molecule has 3 amide bonds. The Hall–Kier alpha value is -4.57. The van der Waals surface area contributed by atoms with E-state index in [0.717, 1.165) is 37.1 Å². The van der Waals surface area contributed by atoms with E-state index >= 15 is 0 Å². The highest BCUT2D eigenvalue weighted by atomic mass is 32.2. The third-order valence-corrected chi connectivity index (χ3v) is 9.75. The zero-order valence-corrected chi connectivity index (χ0v) is 28.3. The lowest BCUT2D eigenvalue weighted by molar-refractivity contribution is -0.134. The maximum absolute atomic E-state index is 13.6. The number of aromatic nitrogens is 5. The Balaban J connectivity index is 1.26. The van der Waals surface area contributed by atoms with E-state index in [1.165, 1.54) is 39.4 Å². The van der Waals surface area contributed by atoms with Crippen molar-refractivity contribution in [2.24, 2.45) is 0 Å². The molecule has 0 spiro atoms. The van der Waals surface area contributed by atoms with Crippen molar-refractivity contribution in [3.8, 4) is 17.0 Å². The average molecular weight is 696 g/mol. The van der Waals surface area contributed by atoms with Crippen LogP contribution in [0, 0.1) is 0 Å². The first-order valence-corrected chi connectivity index (χ1v) is 17.2. The zero-order chi connectivity index (χ0) is 34.7. The molecule has 1 aromatic carbocycles. The van der Waals surface area contributed by atoms with Crippen molar-refractivity contribution in [1.29, 1.82) is 0 Å². The molecule has 2 aliphatic rings. The van der Waals surface area contributed by atoms with Crippen LogP contribution in [0.25, 0.3) is 16.9 Å². The Morgan fingerprint density at radius 3 is 2.65 bits per heavy atom. The fraction of sp³-hybridized carbons (Fsp3) is 0.455. The van der Waals surface area contributed by atoms with E-state index in [1.807, 2.05) is 13.8 Å². The highest BCUT2D eigenvalue weighted by Gasteiger charge is 2.37. The molecule has 0 aliphatic carbocycles. The maximum atomic E-state index is 13.6. The minimum atomic E-state index is -3.09. The van der Waals surface area contributed by atoms with Gasteiger partial charge in [-0.25, -0.2) is 9.50 Å². The average Bonchev–Trinajstić information content (AvgIpc) is 3.83. The molecule has 5 heterocycles. The number of halogens is 2. The highest BCUT2D eigenvalue weighted by molar-refractivity contribution is 7.99. The van der Waals surface area contributed by atoms with E-state index in [0.29, 0.717) is 18.7 Å². The maximum Gasteiger partial charge on any atom is 0.387 e. The molecule has 2 N–H and O–H groups in total. The number of anilines is 1. The van der Waals surface area contributed by atoms with E-state index in [-0.39, 0.29) is 64.0 Å². The van der Waals surface area contributed by atoms with E-state index < -0.39 is 12.5 Å². The number of ether oxygens (including phenoxy) is 1. The number of fused-ring (bicyclic) bond motifs is 1. The lowest BCUT2D eigenvalue weighted by atomic mass is 10.0. The SMILES string of the molecule is CNC(=O)C1CCCN1C1CCN(C(=O)Cn2cc(NC(=O)c3cnn4cccnc34)c(-c3cc(SC(C)C)ccc3OC(F)F)n2)CC1. The van der Waals surface area contributed by atoms with Gasteiger partial charge in [-0.3, -0.25) is 24.0 Å². The van der Waals surface area contributed by atoms with Crippen LogP contribution >= 0.6 is 11.8 Å². The summed E-state index contributed by atoms with van der Waals surface area (Å²) in [7, 11) is 1.66. The number of piperidine rings is 1. The predicted molar refractivity (Wildman–Crippen MR) is 180 cm³/mol. The van der Waals surface area contributed by atoms with Crippen LogP contribution in [0.1, 0.15) is 49.9 Å². The van der Waals surface area contributed by atoms with Gasteiger partial charge in [0.2, 0.25) is 11.8 Å². The summed E-state index contributed by atoms with van der Waals surface area (Å²) < 4.78 is 34.9.